The molecule has 0 aliphatic carbocycles. The molecule has 1 unspecified atom stereocenters. The quantitative estimate of drug-likeness (QED) is 0.752. The number of urea groups is 1. The number of nitrogens with one attached hydrogen (secondary N) is 1. The van der Waals surface area contributed by atoms with Crippen molar-refractivity contribution >= 4 is 11.9 Å². The van der Waals surface area contributed by atoms with Gasteiger partial charge in [0.1, 0.15) is 6.04 Å². The number of likely N-dealkylation sites (N-methyl/N-ethyl adjacent to an activating group) is 1. The van der Waals surface area contributed by atoms with Crippen molar-refractivity contribution in [2.45, 2.75) is 19.9 Å². The lowest BCUT2D eigenvalue weighted by atomic mass is 10.3. The van der Waals surface area contributed by atoms with Crippen molar-refractivity contribution in [1.29, 1.82) is 0 Å². The highest BCUT2D eigenvalue weighted by Gasteiger charge is 2.22. The van der Waals surface area contributed by atoms with E-state index in [1.165, 1.54) is 0 Å². The molecule has 1 aliphatic heterocycles. The Hall–Kier alpha value is -1.30. The molecule has 0 aromatic heterocycles. The van der Waals surface area contributed by atoms with Crippen molar-refractivity contribution in [2.24, 2.45) is 0 Å². The second kappa shape index (κ2) is 6.44. The molecule has 0 bridgehead atoms. The summed E-state index contributed by atoms with van der Waals surface area (Å²) in [5.74, 6) is -0.0749. The molecule has 0 aromatic rings. The Kier molecular flexibility index (Phi) is 5.21. The largest absolute Gasteiger partial charge is 0.378 e. The van der Waals surface area contributed by atoms with Gasteiger partial charge in [-0.15, -0.1) is 0 Å². The smallest absolute Gasteiger partial charge is 0.318 e. The van der Waals surface area contributed by atoms with E-state index in [1.807, 2.05) is 6.92 Å². The van der Waals surface area contributed by atoms with Gasteiger partial charge in [0, 0.05) is 26.7 Å². The molecule has 1 rings (SSSR count). The lowest BCUT2D eigenvalue weighted by molar-refractivity contribution is -0.131. The molecule has 1 heterocycles. The lowest BCUT2D eigenvalue weighted by Gasteiger charge is -2.29. The third kappa shape index (κ3) is 3.89. The molecule has 0 aromatic carbocycles. The van der Waals surface area contributed by atoms with Crippen molar-refractivity contribution < 1.29 is 14.3 Å². The van der Waals surface area contributed by atoms with Crippen LogP contribution in [0.2, 0.25) is 0 Å². The average molecular weight is 243 g/mol. The van der Waals surface area contributed by atoms with E-state index in [0.717, 1.165) is 0 Å². The number of hydrogen-bond acceptors (Lipinski definition) is 3. The normalized spacial score (nSPS) is 17.5. The Morgan fingerprint density at radius 3 is 2.53 bits per heavy atom. The van der Waals surface area contributed by atoms with E-state index in [1.54, 1.807) is 23.8 Å². The molecule has 0 saturated carbocycles. The van der Waals surface area contributed by atoms with Gasteiger partial charge in [0.2, 0.25) is 5.91 Å². The van der Waals surface area contributed by atoms with E-state index in [0.29, 0.717) is 32.8 Å². The molecule has 98 valence electrons. The van der Waals surface area contributed by atoms with Crippen molar-refractivity contribution in [3.8, 4) is 0 Å². The maximum Gasteiger partial charge on any atom is 0.318 e. The van der Waals surface area contributed by atoms with Gasteiger partial charge >= 0.3 is 6.03 Å². The third-order valence-electron chi connectivity index (χ3n) is 2.86. The SMILES string of the molecule is CCN(C)C(=O)C(C)NC(=O)N1CCOCC1. The summed E-state index contributed by atoms with van der Waals surface area (Å²) in [4.78, 5) is 26.8. The predicted octanol–water partition coefficient (Wildman–Crippen LogP) is -0.105. The number of ether oxygens (including phenoxy) is 1. The zero-order valence-corrected chi connectivity index (χ0v) is 10.7. The van der Waals surface area contributed by atoms with Gasteiger partial charge in [-0.3, -0.25) is 4.79 Å². The number of morpholine rings is 1. The van der Waals surface area contributed by atoms with Crippen LogP contribution in [0.3, 0.4) is 0 Å². The highest BCUT2D eigenvalue weighted by molar-refractivity contribution is 5.86. The summed E-state index contributed by atoms with van der Waals surface area (Å²) in [6.45, 7) is 6.51. The molecule has 6 nitrogen and oxygen atoms in total. The molecule has 1 atom stereocenters. The fourth-order valence-electron chi connectivity index (χ4n) is 1.59. The van der Waals surface area contributed by atoms with Gasteiger partial charge in [-0.25, -0.2) is 4.79 Å². The summed E-state index contributed by atoms with van der Waals surface area (Å²) >= 11 is 0. The van der Waals surface area contributed by atoms with Crippen LogP contribution in [0.25, 0.3) is 0 Å². The van der Waals surface area contributed by atoms with Crippen molar-refractivity contribution in [3.63, 3.8) is 0 Å². The van der Waals surface area contributed by atoms with Crippen LogP contribution in [0, 0.1) is 0 Å². The van der Waals surface area contributed by atoms with Gasteiger partial charge in [0.25, 0.3) is 0 Å². The van der Waals surface area contributed by atoms with Gasteiger partial charge in [-0.2, -0.15) is 0 Å². The molecule has 1 fully saturated rings. The molecule has 0 radical (unpaired) electrons. The summed E-state index contributed by atoms with van der Waals surface area (Å²) in [5, 5.41) is 2.70. The Bertz CT molecular complexity index is 277. The summed E-state index contributed by atoms with van der Waals surface area (Å²) < 4.78 is 5.16. The van der Waals surface area contributed by atoms with E-state index in [4.69, 9.17) is 4.74 Å². The fourth-order valence-corrected chi connectivity index (χ4v) is 1.59. The minimum absolute atomic E-state index is 0.0749. The molecule has 17 heavy (non-hydrogen) atoms. The van der Waals surface area contributed by atoms with Crippen molar-refractivity contribution in [1.82, 2.24) is 15.1 Å². The maximum absolute atomic E-state index is 11.8. The van der Waals surface area contributed by atoms with E-state index in [-0.39, 0.29) is 11.9 Å². The number of hydrogen-bond donors (Lipinski definition) is 1. The topological polar surface area (TPSA) is 61.9 Å². The third-order valence-corrected chi connectivity index (χ3v) is 2.86. The Morgan fingerprint density at radius 1 is 1.41 bits per heavy atom. The Labute approximate surface area is 102 Å². The van der Waals surface area contributed by atoms with Crippen LogP contribution in [-0.2, 0) is 9.53 Å². The standard InChI is InChI=1S/C11H21N3O3/c1-4-13(3)10(15)9(2)12-11(16)14-5-7-17-8-6-14/h9H,4-8H2,1-3H3,(H,12,16). The summed E-state index contributed by atoms with van der Waals surface area (Å²) in [6, 6.07) is -0.686. The number of carbonyl (C=O) groups excluding carboxylic acids is 2. The Balaban J connectivity index is 2.41. The van der Waals surface area contributed by atoms with E-state index in [2.05, 4.69) is 5.32 Å². The maximum atomic E-state index is 11.8. The summed E-state index contributed by atoms with van der Waals surface area (Å²) in [6.07, 6.45) is 0. The molecular weight excluding hydrogens is 222 g/mol. The van der Waals surface area contributed by atoms with Crippen molar-refractivity contribution in [3.05, 3.63) is 0 Å². The number of nitrogens with zero attached hydrogens (tertiary/aromatic N) is 2. The lowest BCUT2D eigenvalue weighted by Crippen LogP contribution is -2.52. The van der Waals surface area contributed by atoms with Crippen LogP contribution >= 0.6 is 0 Å². The van der Waals surface area contributed by atoms with Crippen LogP contribution < -0.4 is 5.32 Å². The van der Waals surface area contributed by atoms with E-state index >= 15 is 0 Å². The first-order valence-corrected chi connectivity index (χ1v) is 5.94. The molecule has 1 N–H and O–H groups in total. The van der Waals surface area contributed by atoms with Crippen LogP contribution in [0.5, 0.6) is 0 Å². The molecule has 3 amide bonds. The van der Waals surface area contributed by atoms with Gasteiger partial charge in [-0.1, -0.05) is 0 Å². The predicted molar refractivity (Wildman–Crippen MR) is 63.7 cm³/mol. The van der Waals surface area contributed by atoms with Gasteiger partial charge < -0.3 is 19.9 Å². The Morgan fingerprint density at radius 2 is 2.00 bits per heavy atom. The fraction of sp³-hybridized carbons (Fsp3) is 0.818. The van der Waals surface area contributed by atoms with Crippen LogP contribution in [-0.4, -0.2) is 67.7 Å². The van der Waals surface area contributed by atoms with Gasteiger partial charge in [0.05, 0.1) is 13.2 Å². The van der Waals surface area contributed by atoms with Crippen molar-refractivity contribution in [2.75, 3.05) is 39.9 Å². The zero-order valence-electron chi connectivity index (χ0n) is 10.7. The van der Waals surface area contributed by atoms with Gasteiger partial charge in [-0.05, 0) is 13.8 Å². The minimum atomic E-state index is -0.490. The highest BCUT2D eigenvalue weighted by atomic mass is 16.5. The second-order valence-corrected chi connectivity index (χ2v) is 4.12. The summed E-state index contributed by atoms with van der Waals surface area (Å²) in [5.41, 5.74) is 0. The number of amides is 3. The first kappa shape index (κ1) is 13.8. The second-order valence-electron chi connectivity index (χ2n) is 4.12. The minimum Gasteiger partial charge on any atom is -0.378 e. The van der Waals surface area contributed by atoms with E-state index < -0.39 is 6.04 Å². The molecule has 1 saturated heterocycles. The number of rotatable bonds is 3. The monoisotopic (exact) mass is 243 g/mol. The molecule has 6 heteroatoms. The molecular formula is C11H21N3O3. The number of carbonyl (C=O) groups is 2. The summed E-state index contributed by atoms with van der Waals surface area (Å²) in [7, 11) is 1.72. The molecule has 0 spiro atoms. The average Bonchev–Trinajstić information content (AvgIpc) is 2.37. The zero-order chi connectivity index (χ0) is 12.8. The first-order chi connectivity index (χ1) is 8.06. The molecule has 1 aliphatic rings. The van der Waals surface area contributed by atoms with Crippen LogP contribution in [0.1, 0.15) is 13.8 Å². The van der Waals surface area contributed by atoms with E-state index in [9.17, 15) is 9.59 Å². The van der Waals surface area contributed by atoms with Crippen LogP contribution in [0.4, 0.5) is 4.79 Å². The van der Waals surface area contributed by atoms with Crippen LogP contribution in [0.15, 0.2) is 0 Å². The first-order valence-electron chi connectivity index (χ1n) is 5.94. The van der Waals surface area contributed by atoms with Gasteiger partial charge in [0.15, 0.2) is 0 Å². The highest BCUT2D eigenvalue weighted by Crippen LogP contribution is 1.99.